The second kappa shape index (κ2) is 8.61. The average Bonchev–Trinajstić information content (AvgIpc) is 2.94. The van der Waals surface area contributed by atoms with E-state index in [1.54, 1.807) is 6.92 Å². The van der Waals surface area contributed by atoms with E-state index in [0.717, 1.165) is 12.8 Å². The average molecular weight is 288 g/mol. The molecule has 19 heavy (non-hydrogen) atoms. The van der Waals surface area contributed by atoms with Crippen LogP contribution in [0.1, 0.15) is 39.0 Å². The molecule has 0 aromatic rings. The van der Waals surface area contributed by atoms with Gasteiger partial charge in [-0.05, 0) is 36.3 Å². The first-order valence-electron chi connectivity index (χ1n) is 6.79. The predicted molar refractivity (Wildman–Crippen MR) is 76.9 cm³/mol. The lowest BCUT2D eigenvalue weighted by molar-refractivity contribution is -0.149. The standard InChI is InChI=1S/C14H24O4S/c1-14(9-15,10-16)11-18-13(17)7-3-2-5-12-6-4-8-19-12/h5,15-16H,2-4,6-11H2,1H3/b12-5+. The molecule has 110 valence electrons. The number of carbonyl (C=O) groups is 1. The minimum absolute atomic E-state index is 0.0653. The van der Waals surface area contributed by atoms with E-state index in [0.29, 0.717) is 6.42 Å². The molecule has 1 saturated heterocycles. The molecule has 1 aliphatic rings. The Bertz CT molecular complexity index is 303. The van der Waals surface area contributed by atoms with Gasteiger partial charge in [-0.2, -0.15) is 0 Å². The minimum atomic E-state index is -0.738. The number of aliphatic hydroxyl groups is 2. The molecule has 0 bridgehead atoms. The number of carbonyl (C=O) groups excluding carboxylic acids is 1. The summed E-state index contributed by atoms with van der Waals surface area (Å²) in [7, 11) is 0. The molecular weight excluding hydrogens is 264 g/mol. The molecule has 0 saturated carbocycles. The smallest absolute Gasteiger partial charge is 0.305 e. The fourth-order valence-corrected chi connectivity index (χ4v) is 2.74. The highest BCUT2D eigenvalue weighted by molar-refractivity contribution is 8.03. The molecule has 0 aromatic heterocycles. The Morgan fingerprint density at radius 1 is 1.47 bits per heavy atom. The second-order valence-electron chi connectivity index (χ2n) is 5.30. The summed E-state index contributed by atoms with van der Waals surface area (Å²) < 4.78 is 5.08. The summed E-state index contributed by atoms with van der Waals surface area (Å²) in [6.45, 7) is 1.36. The van der Waals surface area contributed by atoms with Gasteiger partial charge in [0.15, 0.2) is 0 Å². The van der Waals surface area contributed by atoms with E-state index in [-0.39, 0.29) is 25.8 Å². The number of esters is 1. The molecule has 0 aromatic carbocycles. The summed E-state index contributed by atoms with van der Waals surface area (Å²) in [4.78, 5) is 13.0. The van der Waals surface area contributed by atoms with Crippen LogP contribution in [-0.4, -0.2) is 41.8 Å². The van der Waals surface area contributed by atoms with Gasteiger partial charge < -0.3 is 14.9 Å². The van der Waals surface area contributed by atoms with Gasteiger partial charge in [0.1, 0.15) is 6.61 Å². The van der Waals surface area contributed by atoms with Gasteiger partial charge in [0, 0.05) is 11.8 Å². The molecule has 1 aliphatic heterocycles. The van der Waals surface area contributed by atoms with Crippen molar-refractivity contribution >= 4 is 17.7 Å². The van der Waals surface area contributed by atoms with Crippen molar-refractivity contribution < 1.29 is 19.7 Å². The number of hydrogen-bond donors (Lipinski definition) is 2. The Kier molecular flexibility index (Phi) is 7.49. The maximum absolute atomic E-state index is 11.5. The fraction of sp³-hybridized carbons (Fsp3) is 0.786. The third kappa shape index (κ3) is 6.45. The molecule has 0 aliphatic carbocycles. The van der Waals surface area contributed by atoms with Crippen LogP contribution in [0.2, 0.25) is 0 Å². The molecule has 0 atom stereocenters. The Hall–Kier alpha value is -0.520. The number of allylic oxidation sites excluding steroid dienone is 2. The molecular formula is C14H24O4S. The largest absolute Gasteiger partial charge is 0.465 e. The molecule has 5 heteroatoms. The normalized spacial score (nSPS) is 17.9. The maximum Gasteiger partial charge on any atom is 0.305 e. The summed E-state index contributed by atoms with van der Waals surface area (Å²) in [6.07, 6.45) is 6.75. The van der Waals surface area contributed by atoms with Crippen molar-refractivity contribution in [2.24, 2.45) is 5.41 Å². The number of unbranched alkanes of at least 4 members (excludes halogenated alkanes) is 1. The number of thioether (sulfide) groups is 1. The van der Waals surface area contributed by atoms with Gasteiger partial charge >= 0.3 is 5.97 Å². The van der Waals surface area contributed by atoms with Crippen molar-refractivity contribution in [2.45, 2.75) is 39.0 Å². The van der Waals surface area contributed by atoms with Crippen LogP contribution in [0.3, 0.4) is 0 Å². The topological polar surface area (TPSA) is 66.8 Å². The first-order valence-corrected chi connectivity index (χ1v) is 7.77. The van der Waals surface area contributed by atoms with Crippen molar-refractivity contribution in [3.05, 3.63) is 11.0 Å². The van der Waals surface area contributed by atoms with Crippen LogP contribution in [0, 0.1) is 5.41 Å². The van der Waals surface area contributed by atoms with Crippen molar-refractivity contribution in [1.82, 2.24) is 0 Å². The van der Waals surface area contributed by atoms with Crippen molar-refractivity contribution in [2.75, 3.05) is 25.6 Å². The molecule has 4 nitrogen and oxygen atoms in total. The Morgan fingerprint density at radius 2 is 2.21 bits per heavy atom. The van der Waals surface area contributed by atoms with Crippen LogP contribution in [0.25, 0.3) is 0 Å². The third-order valence-electron chi connectivity index (χ3n) is 3.16. The lowest BCUT2D eigenvalue weighted by Gasteiger charge is -2.23. The van der Waals surface area contributed by atoms with Crippen LogP contribution in [0.15, 0.2) is 11.0 Å². The van der Waals surface area contributed by atoms with Crippen molar-refractivity contribution in [1.29, 1.82) is 0 Å². The predicted octanol–water partition coefficient (Wildman–Crippen LogP) is 2.10. The van der Waals surface area contributed by atoms with E-state index >= 15 is 0 Å². The zero-order valence-corrected chi connectivity index (χ0v) is 12.4. The van der Waals surface area contributed by atoms with Crippen LogP contribution in [-0.2, 0) is 9.53 Å². The van der Waals surface area contributed by atoms with E-state index in [2.05, 4.69) is 6.08 Å². The van der Waals surface area contributed by atoms with Gasteiger partial charge in [-0.3, -0.25) is 4.79 Å². The van der Waals surface area contributed by atoms with Crippen LogP contribution < -0.4 is 0 Å². The molecule has 1 heterocycles. The summed E-state index contributed by atoms with van der Waals surface area (Å²) in [5.74, 6) is 0.958. The van der Waals surface area contributed by atoms with E-state index in [1.165, 1.54) is 23.5 Å². The lowest BCUT2D eigenvalue weighted by atomic mass is 9.94. The molecule has 2 N–H and O–H groups in total. The van der Waals surface area contributed by atoms with E-state index in [4.69, 9.17) is 14.9 Å². The second-order valence-corrected chi connectivity index (χ2v) is 6.52. The number of hydrogen-bond acceptors (Lipinski definition) is 5. The third-order valence-corrected chi connectivity index (χ3v) is 4.39. The SMILES string of the molecule is CC(CO)(CO)COC(=O)CCC/C=C1\CCCS1. The zero-order valence-electron chi connectivity index (χ0n) is 11.6. The molecule has 1 fully saturated rings. The maximum atomic E-state index is 11.5. The van der Waals surface area contributed by atoms with Crippen LogP contribution >= 0.6 is 11.8 Å². The van der Waals surface area contributed by atoms with E-state index < -0.39 is 5.41 Å². The highest BCUT2D eigenvalue weighted by Gasteiger charge is 2.24. The van der Waals surface area contributed by atoms with Gasteiger partial charge in [-0.1, -0.05) is 13.0 Å². The number of ether oxygens (including phenoxy) is 1. The summed E-state index contributed by atoms with van der Waals surface area (Å²) in [5.41, 5.74) is -0.738. The van der Waals surface area contributed by atoms with Crippen LogP contribution in [0.4, 0.5) is 0 Å². The zero-order chi connectivity index (χ0) is 14.1. The quantitative estimate of drug-likeness (QED) is 0.529. The highest BCUT2D eigenvalue weighted by Crippen LogP contribution is 2.30. The van der Waals surface area contributed by atoms with Crippen molar-refractivity contribution in [3.8, 4) is 0 Å². The summed E-state index contributed by atoms with van der Waals surface area (Å²) in [5, 5.41) is 18.1. The molecule has 0 spiro atoms. The van der Waals surface area contributed by atoms with Gasteiger partial charge in [0.2, 0.25) is 0 Å². The van der Waals surface area contributed by atoms with Crippen molar-refractivity contribution in [3.63, 3.8) is 0 Å². The first kappa shape index (κ1) is 16.5. The molecule has 1 rings (SSSR count). The van der Waals surface area contributed by atoms with Gasteiger partial charge in [0.05, 0.1) is 13.2 Å². The minimum Gasteiger partial charge on any atom is -0.465 e. The fourth-order valence-electron chi connectivity index (χ4n) is 1.66. The van der Waals surface area contributed by atoms with E-state index in [1.807, 2.05) is 11.8 Å². The molecule has 0 unspecified atom stereocenters. The van der Waals surface area contributed by atoms with Gasteiger partial charge in [0.25, 0.3) is 0 Å². The Labute approximate surface area is 119 Å². The van der Waals surface area contributed by atoms with Gasteiger partial charge in [-0.15, -0.1) is 11.8 Å². The van der Waals surface area contributed by atoms with E-state index in [9.17, 15) is 4.79 Å². The Balaban J connectivity index is 2.12. The van der Waals surface area contributed by atoms with Crippen LogP contribution in [0.5, 0.6) is 0 Å². The molecule has 0 radical (unpaired) electrons. The Morgan fingerprint density at radius 3 is 2.79 bits per heavy atom. The monoisotopic (exact) mass is 288 g/mol. The lowest BCUT2D eigenvalue weighted by Crippen LogP contribution is -2.32. The molecule has 0 amide bonds. The number of aliphatic hydroxyl groups excluding tert-OH is 2. The summed E-state index contributed by atoms with van der Waals surface area (Å²) in [6, 6.07) is 0. The highest BCUT2D eigenvalue weighted by atomic mass is 32.2. The first-order chi connectivity index (χ1) is 9.09. The summed E-state index contributed by atoms with van der Waals surface area (Å²) >= 11 is 1.91. The number of rotatable bonds is 8. The van der Waals surface area contributed by atoms with Gasteiger partial charge in [-0.25, -0.2) is 0 Å².